The van der Waals surface area contributed by atoms with Crippen molar-refractivity contribution in [3.63, 3.8) is 0 Å². The van der Waals surface area contributed by atoms with Crippen LogP contribution in [0.2, 0.25) is 5.15 Å². The molecule has 10 nitrogen and oxygen atoms in total. The highest BCUT2D eigenvalue weighted by Crippen LogP contribution is 2.34. The van der Waals surface area contributed by atoms with E-state index in [4.69, 9.17) is 11.6 Å². The molecule has 0 saturated carbocycles. The summed E-state index contributed by atoms with van der Waals surface area (Å²) >= 11 is 7.57. The van der Waals surface area contributed by atoms with Gasteiger partial charge in [0.25, 0.3) is 15.6 Å². The van der Waals surface area contributed by atoms with Crippen molar-refractivity contribution >= 4 is 49.0 Å². The average Bonchev–Trinajstić information content (AvgIpc) is 3.75. The van der Waals surface area contributed by atoms with Gasteiger partial charge in [-0.1, -0.05) is 35.9 Å². The van der Waals surface area contributed by atoms with Gasteiger partial charge in [0, 0.05) is 41.8 Å². The first kappa shape index (κ1) is 27.1. The number of aryl methyl sites for hydroxylation is 1. The maximum Gasteiger partial charge on any atom is 0.277 e. The molecule has 0 radical (unpaired) electrons. The Hall–Kier alpha value is -3.78. The lowest BCUT2D eigenvalue weighted by molar-refractivity contribution is 0.314. The molecule has 1 aliphatic rings. The molecule has 2 aromatic carbocycles. The van der Waals surface area contributed by atoms with Crippen LogP contribution in [0.15, 0.2) is 69.9 Å². The summed E-state index contributed by atoms with van der Waals surface area (Å²) in [6.45, 7) is 0.520. The van der Waals surface area contributed by atoms with Gasteiger partial charge in [-0.05, 0) is 55.5 Å². The van der Waals surface area contributed by atoms with Crippen molar-refractivity contribution in [3.8, 4) is 5.95 Å². The van der Waals surface area contributed by atoms with Crippen molar-refractivity contribution in [1.82, 2.24) is 33.4 Å². The molecule has 0 spiro atoms. The predicted octanol–water partition coefficient (Wildman–Crippen LogP) is 4.90. The molecule has 0 amide bonds. The van der Waals surface area contributed by atoms with Crippen LogP contribution in [-0.4, -0.2) is 54.9 Å². The number of hydrogen-bond donors (Lipinski definition) is 2. The van der Waals surface area contributed by atoms with Crippen LogP contribution in [0.5, 0.6) is 0 Å². The lowest BCUT2D eigenvalue weighted by Gasteiger charge is -2.31. The molecule has 0 bridgehead atoms. The Morgan fingerprint density at radius 2 is 1.81 bits per heavy atom. The van der Waals surface area contributed by atoms with Gasteiger partial charge in [-0.25, -0.2) is 22.8 Å². The number of benzene rings is 2. The molecule has 1 aliphatic heterocycles. The van der Waals surface area contributed by atoms with E-state index in [-0.39, 0.29) is 40.6 Å². The third kappa shape index (κ3) is 4.66. The Morgan fingerprint density at radius 3 is 2.57 bits per heavy atom. The van der Waals surface area contributed by atoms with E-state index in [1.54, 1.807) is 23.7 Å². The van der Waals surface area contributed by atoms with Crippen LogP contribution in [0.4, 0.5) is 4.39 Å². The van der Waals surface area contributed by atoms with Crippen molar-refractivity contribution < 1.29 is 12.8 Å². The number of piperidine rings is 1. The number of thiazole rings is 1. The molecule has 4 aromatic heterocycles. The molecule has 216 valence electrons. The highest BCUT2D eigenvalue weighted by molar-refractivity contribution is 7.89. The second-order valence-corrected chi connectivity index (χ2v) is 13.4. The minimum Gasteiger partial charge on any atom is -0.322 e. The smallest absolute Gasteiger partial charge is 0.277 e. The topological polar surface area (TPSA) is 121 Å². The molecular formula is C28H25ClFN7O3S2. The number of nitrogens with zero attached hydrogens (tertiary/aromatic N) is 5. The molecule has 2 N–H and O–H groups in total. The Morgan fingerprint density at radius 1 is 1.05 bits per heavy atom. The normalized spacial score (nSPS) is 15.3. The Labute approximate surface area is 248 Å². The number of rotatable bonds is 7. The van der Waals surface area contributed by atoms with Gasteiger partial charge in [-0.15, -0.1) is 11.3 Å². The molecule has 5 heterocycles. The first-order valence-electron chi connectivity index (χ1n) is 13.4. The number of halogens is 2. The van der Waals surface area contributed by atoms with Crippen LogP contribution >= 0.6 is 22.9 Å². The quantitative estimate of drug-likeness (QED) is 0.262. The number of aromatic nitrogens is 6. The monoisotopic (exact) mass is 625 g/mol. The molecule has 6 aromatic rings. The largest absolute Gasteiger partial charge is 0.322 e. The van der Waals surface area contributed by atoms with Gasteiger partial charge in [-0.2, -0.15) is 8.99 Å². The second-order valence-electron chi connectivity index (χ2n) is 10.3. The van der Waals surface area contributed by atoms with Crippen molar-refractivity contribution in [3.05, 3.63) is 98.3 Å². The van der Waals surface area contributed by atoms with Crippen LogP contribution in [0.25, 0.3) is 21.9 Å². The summed E-state index contributed by atoms with van der Waals surface area (Å²) in [5, 5.41) is 5.00. The van der Waals surface area contributed by atoms with E-state index in [1.165, 1.54) is 36.9 Å². The van der Waals surface area contributed by atoms with Crippen molar-refractivity contribution in [2.75, 3.05) is 13.1 Å². The van der Waals surface area contributed by atoms with Crippen LogP contribution in [0, 0.1) is 5.82 Å². The highest BCUT2D eigenvalue weighted by atomic mass is 35.5. The van der Waals surface area contributed by atoms with Gasteiger partial charge in [0.15, 0.2) is 15.1 Å². The Kier molecular flexibility index (Phi) is 6.76. The molecule has 7 rings (SSSR count). The molecule has 0 atom stereocenters. The van der Waals surface area contributed by atoms with Gasteiger partial charge in [0.05, 0.1) is 11.0 Å². The van der Waals surface area contributed by atoms with Crippen molar-refractivity contribution in [2.45, 2.75) is 36.6 Å². The Balaban J connectivity index is 1.19. The van der Waals surface area contributed by atoms with Gasteiger partial charge in [0.1, 0.15) is 5.82 Å². The average molecular weight is 626 g/mol. The zero-order valence-electron chi connectivity index (χ0n) is 22.1. The molecule has 42 heavy (non-hydrogen) atoms. The summed E-state index contributed by atoms with van der Waals surface area (Å²) in [6, 6.07) is 13.8. The maximum absolute atomic E-state index is 13.8. The number of hydrogen-bond acceptors (Lipinski definition) is 6. The zero-order valence-corrected chi connectivity index (χ0v) is 24.5. The van der Waals surface area contributed by atoms with E-state index in [1.807, 2.05) is 24.3 Å². The van der Waals surface area contributed by atoms with Gasteiger partial charge < -0.3 is 4.98 Å². The number of nitrogens with one attached hydrogen (secondary N) is 2. The minimum absolute atomic E-state index is 0.0247. The van der Waals surface area contributed by atoms with Gasteiger partial charge in [-0.3, -0.25) is 14.3 Å². The first-order valence-corrected chi connectivity index (χ1v) is 16.1. The van der Waals surface area contributed by atoms with Crippen LogP contribution in [0.1, 0.15) is 35.6 Å². The van der Waals surface area contributed by atoms with E-state index in [9.17, 15) is 17.6 Å². The third-order valence-corrected chi connectivity index (χ3v) is 10.9. The molecule has 1 fully saturated rings. The summed E-state index contributed by atoms with van der Waals surface area (Å²) in [5.41, 5.74) is 3.62. The Bertz CT molecular complexity index is 2050. The van der Waals surface area contributed by atoms with Gasteiger partial charge >= 0.3 is 0 Å². The fraction of sp³-hybridized carbons (Fsp3) is 0.250. The summed E-state index contributed by atoms with van der Waals surface area (Å²) in [5.74, 6) is -0.0160. The van der Waals surface area contributed by atoms with E-state index in [2.05, 4.69) is 20.1 Å². The third-order valence-electron chi connectivity index (χ3n) is 7.81. The fourth-order valence-electron chi connectivity index (χ4n) is 5.66. The zero-order chi connectivity index (χ0) is 29.0. The van der Waals surface area contributed by atoms with Crippen molar-refractivity contribution in [1.29, 1.82) is 0 Å². The lowest BCUT2D eigenvalue weighted by Crippen LogP contribution is -2.38. The predicted molar refractivity (Wildman–Crippen MR) is 159 cm³/mol. The number of para-hydroxylation sites is 2. The standard InChI is InChI=1S/C28H25ClFN7O3S2/c29-24-26(36-15-16-41-28(36)33-24)42(39,40)35-13-11-18(12-14-35)23-20(10-7-17-5-8-19(30)9-6-17)25(38)37(34-23)27-31-21-3-1-2-4-22(21)32-27/h1-6,8-9,15-16,18,34H,7,10-14H2,(H,31,32). The summed E-state index contributed by atoms with van der Waals surface area (Å²) in [4.78, 5) is 26.3. The molecule has 0 aliphatic carbocycles. The van der Waals surface area contributed by atoms with E-state index >= 15 is 0 Å². The second kappa shape index (κ2) is 10.5. The molecule has 1 saturated heterocycles. The van der Waals surface area contributed by atoms with Crippen LogP contribution in [0.3, 0.4) is 0 Å². The SMILES string of the molecule is O=c1c(CCc2ccc(F)cc2)c(C2CCN(S(=O)(=O)c3c(Cl)nc4sccn34)CC2)[nH]n1-c1nc2ccccc2[nH]1. The molecular weight excluding hydrogens is 601 g/mol. The lowest BCUT2D eigenvalue weighted by atomic mass is 9.90. The molecule has 14 heteroatoms. The summed E-state index contributed by atoms with van der Waals surface area (Å²) < 4.78 is 45.0. The number of sulfonamides is 1. The number of imidazole rings is 2. The van der Waals surface area contributed by atoms with Crippen LogP contribution in [-0.2, 0) is 22.9 Å². The van der Waals surface area contributed by atoms with E-state index in [0.717, 1.165) is 22.3 Å². The summed E-state index contributed by atoms with van der Waals surface area (Å²) in [6.07, 6.45) is 3.64. The molecule has 0 unspecified atom stereocenters. The van der Waals surface area contributed by atoms with Gasteiger partial charge in [0.2, 0.25) is 5.95 Å². The summed E-state index contributed by atoms with van der Waals surface area (Å²) in [7, 11) is -3.89. The van der Waals surface area contributed by atoms with E-state index < -0.39 is 10.0 Å². The number of fused-ring (bicyclic) bond motifs is 2. The van der Waals surface area contributed by atoms with Crippen LogP contribution < -0.4 is 5.56 Å². The maximum atomic E-state index is 13.8. The first-order chi connectivity index (χ1) is 20.3. The highest BCUT2D eigenvalue weighted by Gasteiger charge is 2.36. The fourth-order valence-corrected chi connectivity index (χ4v) is 8.54. The number of aromatic amines is 2. The number of H-pyrrole nitrogens is 2. The van der Waals surface area contributed by atoms with E-state index in [0.29, 0.717) is 42.2 Å². The van der Waals surface area contributed by atoms with Crippen molar-refractivity contribution in [2.24, 2.45) is 0 Å². The minimum atomic E-state index is -3.89.